The second-order valence-corrected chi connectivity index (χ2v) is 7.06. The van der Waals surface area contributed by atoms with E-state index in [1.165, 1.54) is 0 Å². The third kappa shape index (κ3) is 3.95. The number of carbonyl (C=O) groups excluding carboxylic acids is 1. The quantitative estimate of drug-likeness (QED) is 0.739. The minimum absolute atomic E-state index is 0.146. The lowest BCUT2D eigenvalue weighted by Crippen LogP contribution is -2.41. The minimum atomic E-state index is -0.560. The van der Waals surface area contributed by atoms with Crippen molar-refractivity contribution in [2.45, 2.75) is 38.8 Å². The van der Waals surface area contributed by atoms with Crippen molar-refractivity contribution in [2.24, 2.45) is 0 Å². The van der Waals surface area contributed by atoms with E-state index in [1.807, 2.05) is 39.0 Å². The molecule has 1 aromatic rings. The van der Waals surface area contributed by atoms with Crippen molar-refractivity contribution in [3.05, 3.63) is 28.2 Å². The Morgan fingerprint density at radius 2 is 2.27 bits per heavy atom. The summed E-state index contributed by atoms with van der Waals surface area (Å²) < 4.78 is 12.1. The molecule has 0 saturated heterocycles. The van der Waals surface area contributed by atoms with E-state index < -0.39 is 11.7 Å². The van der Waals surface area contributed by atoms with E-state index in [9.17, 15) is 4.79 Å². The Kier molecular flexibility index (Phi) is 5.02. The van der Waals surface area contributed by atoms with Gasteiger partial charge in [-0.05, 0) is 39.0 Å². The molecule has 1 aliphatic rings. The average Bonchev–Trinajstić information content (AvgIpc) is 2.42. The molecule has 1 amide bonds. The fraction of sp³-hybridized carbons (Fsp3) is 0.471. The first-order valence-electron chi connectivity index (χ1n) is 7.17. The zero-order chi connectivity index (χ0) is 16.3. The number of terminal acetylenes is 1. The number of amides is 1. The summed E-state index contributed by atoms with van der Waals surface area (Å²) in [6.07, 6.45) is 5.73. The summed E-state index contributed by atoms with van der Waals surface area (Å²) in [6.45, 7) is 6.27. The fourth-order valence-corrected chi connectivity index (χ4v) is 2.77. The summed E-state index contributed by atoms with van der Waals surface area (Å²) in [5.74, 6) is 3.33. The molecule has 2 rings (SSSR count). The largest absolute Gasteiger partial charge is 0.493 e. The van der Waals surface area contributed by atoms with Crippen LogP contribution in [-0.4, -0.2) is 29.7 Å². The predicted molar refractivity (Wildman–Crippen MR) is 88.8 cm³/mol. The standard InChI is InChI=1S/C17H20BrNO3/c1-5-9-19(16(20)22-17(2,3)4)14-8-10-21-15-7-6-12(18)11-13(14)15/h1,6-7,11,14H,8-10H2,2-4H3. The Labute approximate surface area is 139 Å². The van der Waals surface area contributed by atoms with Crippen LogP contribution in [0.2, 0.25) is 0 Å². The van der Waals surface area contributed by atoms with E-state index in [0.29, 0.717) is 13.0 Å². The van der Waals surface area contributed by atoms with Gasteiger partial charge in [-0.1, -0.05) is 21.9 Å². The molecule has 0 N–H and O–H groups in total. The van der Waals surface area contributed by atoms with Gasteiger partial charge < -0.3 is 9.47 Å². The van der Waals surface area contributed by atoms with E-state index in [2.05, 4.69) is 21.9 Å². The molecular weight excluding hydrogens is 346 g/mol. The smallest absolute Gasteiger partial charge is 0.411 e. The number of fused-ring (bicyclic) bond motifs is 1. The van der Waals surface area contributed by atoms with Gasteiger partial charge >= 0.3 is 6.09 Å². The monoisotopic (exact) mass is 365 g/mol. The second kappa shape index (κ2) is 6.62. The number of rotatable bonds is 2. The zero-order valence-corrected chi connectivity index (χ0v) is 14.6. The van der Waals surface area contributed by atoms with Gasteiger partial charge in [-0.3, -0.25) is 4.90 Å². The molecule has 22 heavy (non-hydrogen) atoms. The number of hydrogen-bond acceptors (Lipinski definition) is 3. The molecule has 5 heteroatoms. The third-order valence-corrected chi connectivity index (χ3v) is 3.74. The molecule has 0 aliphatic carbocycles. The van der Waals surface area contributed by atoms with Gasteiger partial charge in [0.05, 0.1) is 19.2 Å². The van der Waals surface area contributed by atoms with Crippen LogP contribution in [0.4, 0.5) is 4.79 Å². The summed E-state index contributed by atoms with van der Waals surface area (Å²) in [6, 6.07) is 5.63. The fourth-order valence-electron chi connectivity index (χ4n) is 2.39. The summed E-state index contributed by atoms with van der Waals surface area (Å²) in [4.78, 5) is 14.1. The summed E-state index contributed by atoms with van der Waals surface area (Å²) >= 11 is 3.46. The first-order valence-corrected chi connectivity index (χ1v) is 7.96. The summed E-state index contributed by atoms with van der Waals surface area (Å²) in [5, 5.41) is 0. The number of nitrogens with zero attached hydrogens (tertiary/aromatic N) is 1. The maximum atomic E-state index is 12.5. The Balaban J connectivity index is 2.33. The van der Waals surface area contributed by atoms with Crippen LogP contribution in [0.25, 0.3) is 0 Å². The van der Waals surface area contributed by atoms with Crippen molar-refractivity contribution >= 4 is 22.0 Å². The average molecular weight is 366 g/mol. The molecule has 118 valence electrons. The zero-order valence-electron chi connectivity index (χ0n) is 13.1. The van der Waals surface area contributed by atoms with Crippen molar-refractivity contribution in [1.82, 2.24) is 4.90 Å². The lowest BCUT2D eigenvalue weighted by atomic mass is 9.99. The molecule has 0 aromatic heterocycles. The first kappa shape index (κ1) is 16.7. The molecule has 4 nitrogen and oxygen atoms in total. The summed E-state index contributed by atoms with van der Waals surface area (Å²) in [5.41, 5.74) is 0.386. The highest BCUT2D eigenvalue weighted by Crippen LogP contribution is 2.38. The van der Waals surface area contributed by atoms with Gasteiger partial charge in [-0.25, -0.2) is 4.79 Å². The van der Waals surface area contributed by atoms with Crippen LogP contribution in [0.3, 0.4) is 0 Å². The van der Waals surface area contributed by atoms with Gasteiger partial charge in [-0.15, -0.1) is 6.42 Å². The van der Waals surface area contributed by atoms with Crippen molar-refractivity contribution < 1.29 is 14.3 Å². The molecule has 1 aromatic carbocycles. The Bertz CT molecular complexity index is 601. The highest BCUT2D eigenvalue weighted by atomic mass is 79.9. The number of halogens is 1. The van der Waals surface area contributed by atoms with Crippen LogP contribution in [0.5, 0.6) is 5.75 Å². The van der Waals surface area contributed by atoms with Crippen LogP contribution in [-0.2, 0) is 4.74 Å². The molecule has 1 unspecified atom stereocenters. The van der Waals surface area contributed by atoms with Gasteiger partial charge in [-0.2, -0.15) is 0 Å². The maximum Gasteiger partial charge on any atom is 0.411 e. The highest BCUT2D eigenvalue weighted by Gasteiger charge is 2.32. The first-order chi connectivity index (χ1) is 10.3. The van der Waals surface area contributed by atoms with Crippen LogP contribution in [0.15, 0.2) is 22.7 Å². The van der Waals surface area contributed by atoms with E-state index in [-0.39, 0.29) is 12.6 Å². The lowest BCUT2D eigenvalue weighted by Gasteiger charge is -2.35. The van der Waals surface area contributed by atoms with E-state index in [4.69, 9.17) is 15.9 Å². The normalized spacial score (nSPS) is 17.0. The molecule has 1 aliphatic heterocycles. The predicted octanol–water partition coefficient (Wildman–Crippen LogP) is 4.14. The molecule has 0 spiro atoms. The lowest BCUT2D eigenvalue weighted by molar-refractivity contribution is 0.0150. The molecule has 0 bridgehead atoms. The Morgan fingerprint density at radius 3 is 2.91 bits per heavy atom. The number of carbonyl (C=O) groups is 1. The molecule has 1 heterocycles. The SMILES string of the molecule is C#CCN(C(=O)OC(C)(C)C)C1CCOc2ccc(Br)cc21. The van der Waals surface area contributed by atoms with Gasteiger partial charge in [0, 0.05) is 16.5 Å². The summed E-state index contributed by atoms with van der Waals surface area (Å²) in [7, 11) is 0. The van der Waals surface area contributed by atoms with Crippen LogP contribution in [0.1, 0.15) is 38.8 Å². The number of benzene rings is 1. The maximum absolute atomic E-state index is 12.5. The van der Waals surface area contributed by atoms with E-state index >= 15 is 0 Å². The van der Waals surface area contributed by atoms with Gasteiger partial charge in [0.2, 0.25) is 0 Å². The van der Waals surface area contributed by atoms with Crippen molar-refractivity contribution in [1.29, 1.82) is 0 Å². The van der Waals surface area contributed by atoms with Gasteiger partial charge in [0.25, 0.3) is 0 Å². The molecule has 0 radical (unpaired) electrons. The molecule has 0 fully saturated rings. The van der Waals surface area contributed by atoms with Crippen LogP contribution in [0, 0.1) is 12.3 Å². The second-order valence-electron chi connectivity index (χ2n) is 6.15. The van der Waals surface area contributed by atoms with Gasteiger partial charge in [0.15, 0.2) is 0 Å². The minimum Gasteiger partial charge on any atom is -0.493 e. The Hall–Kier alpha value is -1.67. The van der Waals surface area contributed by atoms with Crippen LogP contribution >= 0.6 is 15.9 Å². The van der Waals surface area contributed by atoms with Crippen molar-refractivity contribution in [3.63, 3.8) is 0 Å². The van der Waals surface area contributed by atoms with Gasteiger partial charge in [0.1, 0.15) is 11.4 Å². The molecule has 1 atom stereocenters. The number of hydrogen-bond donors (Lipinski definition) is 0. The number of ether oxygens (including phenoxy) is 2. The van der Waals surface area contributed by atoms with Crippen LogP contribution < -0.4 is 4.74 Å². The van der Waals surface area contributed by atoms with E-state index in [1.54, 1.807) is 4.90 Å². The highest BCUT2D eigenvalue weighted by molar-refractivity contribution is 9.10. The van der Waals surface area contributed by atoms with E-state index in [0.717, 1.165) is 15.8 Å². The Morgan fingerprint density at radius 1 is 1.55 bits per heavy atom. The van der Waals surface area contributed by atoms with Crippen molar-refractivity contribution in [3.8, 4) is 18.1 Å². The molecular formula is C17H20BrNO3. The third-order valence-electron chi connectivity index (χ3n) is 3.25. The molecule has 0 saturated carbocycles. The topological polar surface area (TPSA) is 38.8 Å². The van der Waals surface area contributed by atoms with Crippen molar-refractivity contribution in [2.75, 3.05) is 13.2 Å².